The Morgan fingerprint density at radius 1 is 1.29 bits per heavy atom. The second-order valence-corrected chi connectivity index (χ2v) is 7.49. The molecule has 1 aromatic carbocycles. The molecule has 0 aromatic heterocycles. The van der Waals surface area contributed by atoms with E-state index in [2.05, 4.69) is 17.0 Å². The molecule has 2 unspecified atom stereocenters. The molecule has 21 heavy (non-hydrogen) atoms. The third-order valence-electron chi connectivity index (χ3n) is 4.11. The molecule has 0 amide bonds. The van der Waals surface area contributed by atoms with Gasteiger partial charge in [-0.2, -0.15) is 0 Å². The number of rotatable bonds is 5. The van der Waals surface area contributed by atoms with Gasteiger partial charge in [0.2, 0.25) is 10.0 Å². The van der Waals surface area contributed by atoms with Gasteiger partial charge in [-0.1, -0.05) is 19.8 Å². The van der Waals surface area contributed by atoms with E-state index in [9.17, 15) is 12.8 Å². The molecule has 0 heterocycles. The van der Waals surface area contributed by atoms with Gasteiger partial charge in [0.15, 0.2) is 0 Å². The standard InChI is InChI=1S/C15H23FN2O2S/c1-11-5-3-4-6-15(11)18-21(19,20)13-7-8-14(16)12(9-13)10-17-2/h7-9,11,15,17-18H,3-6,10H2,1-2H3. The normalized spacial score (nSPS) is 23.2. The summed E-state index contributed by atoms with van der Waals surface area (Å²) in [6.07, 6.45) is 4.11. The number of benzene rings is 1. The fraction of sp³-hybridized carbons (Fsp3) is 0.600. The van der Waals surface area contributed by atoms with E-state index in [1.54, 1.807) is 7.05 Å². The van der Waals surface area contributed by atoms with Crippen LogP contribution in [0, 0.1) is 11.7 Å². The Hall–Kier alpha value is -0.980. The van der Waals surface area contributed by atoms with Gasteiger partial charge in [-0.05, 0) is 44.0 Å². The van der Waals surface area contributed by atoms with Crippen molar-refractivity contribution in [2.45, 2.75) is 50.1 Å². The SMILES string of the molecule is CNCc1cc(S(=O)(=O)NC2CCCCC2C)ccc1F. The number of hydrogen-bond donors (Lipinski definition) is 2. The molecule has 0 bridgehead atoms. The topological polar surface area (TPSA) is 58.2 Å². The van der Waals surface area contributed by atoms with Gasteiger partial charge in [0.05, 0.1) is 4.90 Å². The zero-order valence-corrected chi connectivity index (χ0v) is 13.3. The van der Waals surface area contributed by atoms with Crippen molar-refractivity contribution in [2.24, 2.45) is 5.92 Å². The van der Waals surface area contributed by atoms with Crippen LogP contribution in [-0.4, -0.2) is 21.5 Å². The monoisotopic (exact) mass is 314 g/mol. The van der Waals surface area contributed by atoms with Gasteiger partial charge < -0.3 is 5.32 Å². The van der Waals surface area contributed by atoms with Crippen molar-refractivity contribution >= 4 is 10.0 Å². The Kier molecular flexibility index (Phi) is 5.35. The summed E-state index contributed by atoms with van der Waals surface area (Å²) in [6.45, 7) is 2.37. The van der Waals surface area contributed by atoms with E-state index in [1.807, 2.05) is 0 Å². The number of halogens is 1. The maximum atomic E-state index is 13.6. The summed E-state index contributed by atoms with van der Waals surface area (Å²) < 4.78 is 41.3. The first-order chi connectivity index (χ1) is 9.94. The number of nitrogens with one attached hydrogen (secondary N) is 2. The van der Waals surface area contributed by atoms with Gasteiger partial charge in [-0.15, -0.1) is 0 Å². The average Bonchev–Trinajstić information content (AvgIpc) is 2.44. The molecule has 0 radical (unpaired) electrons. The molecule has 6 heteroatoms. The highest BCUT2D eigenvalue weighted by Crippen LogP contribution is 2.25. The molecule has 2 atom stereocenters. The predicted octanol–water partition coefficient (Wildman–Crippen LogP) is 2.40. The van der Waals surface area contributed by atoms with Crippen LogP contribution in [0.15, 0.2) is 23.1 Å². The summed E-state index contributed by atoms with van der Waals surface area (Å²) in [5, 5.41) is 2.84. The van der Waals surface area contributed by atoms with Crippen molar-refractivity contribution in [3.63, 3.8) is 0 Å². The highest BCUT2D eigenvalue weighted by Gasteiger charge is 2.27. The van der Waals surface area contributed by atoms with Crippen molar-refractivity contribution in [3.8, 4) is 0 Å². The second kappa shape index (κ2) is 6.85. The summed E-state index contributed by atoms with van der Waals surface area (Å²) >= 11 is 0. The molecular weight excluding hydrogens is 291 g/mol. The van der Waals surface area contributed by atoms with Crippen LogP contribution in [0.2, 0.25) is 0 Å². The lowest BCUT2D eigenvalue weighted by atomic mass is 9.87. The van der Waals surface area contributed by atoms with Gasteiger partial charge in [0.25, 0.3) is 0 Å². The summed E-state index contributed by atoms with van der Waals surface area (Å²) in [5.74, 6) is -0.0555. The quantitative estimate of drug-likeness (QED) is 0.877. The highest BCUT2D eigenvalue weighted by molar-refractivity contribution is 7.89. The molecular formula is C15H23FN2O2S. The smallest absolute Gasteiger partial charge is 0.240 e. The first-order valence-electron chi connectivity index (χ1n) is 7.39. The third kappa shape index (κ3) is 4.02. The van der Waals surface area contributed by atoms with E-state index in [-0.39, 0.29) is 10.9 Å². The molecule has 2 rings (SSSR count). The zero-order chi connectivity index (χ0) is 15.5. The Morgan fingerprint density at radius 3 is 2.67 bits per heavy atom. The molecule has 1 fully saturated rings. The van der Waals surface area contributed by atoms with E-state index in [4.69, 9.17) is 0 Å². The number of hydrogen-bond acceptors (Lipinski definition) is 3. The summed E-state index contributed by atoms with van der Waals surface area (Å²) in [5.41, 5.74) is 0.358. The Labute approximate surface area is 126 Å². The molecule has 2 N–H and O–H groups in total. The van der Waals surface area contributed by atoms with Crippen LogP contribution >= 0.6 is 0 Å². The molecule has 4 nitrogen and oxygen atoms in total. The summed E-state index contributed by atoms with van der Waals surface area (Å²) in [7, 11) is -1.90. The lowest BCUT2D eigenvalue weighted by Crippen LogP contribution is -2.41. The van der Waals surface area contributed by atoms with Gasteiger partial charge >= 0.3 is 0 Å². The van der Waals surface area contributed by atoms with Crippen molar-refractivity contribution < 1.29 is 12.8 Å². The van der Waals surface area contributed by atoms with Gasteiger partial charge in [0, 0.05) is 18.2 Å². The Morgan fingerprint density at radius 2 is 2.00 bits per heavy atom. The minimum Gasteiger partial charge on any atom is -0.316 e. The molecule has 1 aliphatic carbocycles. The Bertz CT molecular complexity index is 589. The molecule has 1 saturated carbocycles. The Balaban J connectivity index is 2.20. The third-order valence-corrected chi connectivity index (χ3v) is 5.60. The van der Waals surface area contributed by atoms with Crippen LogP contribution in [0.5, 0.6) is 0 Å². The van der Waals surface area contributed by atoms with Crippen molar-refractivity contribution in [1.29, 1.82) is 0 Å². The summed E-state index contributed by atoms with van der Waals surface area (Å²) in [6, 6.07) is 3.92. The highest BCUT2D eigenvalue weighted by atomic mass is 32.2. The van der Waals surface area contributed by atoms with Crippen LogP contribution in [-0.2, 0) is 16.6 Å². The fourth-order valence-electron chi connectivity index (χ4n) is 2.80. The molecule has 118 valence electrons. The second-order valence-electron chi connectivity index (χ2n) is 5.77. The molecule has 1 aliphatic rings. The largest absolute Gasteiger partial charge is 0.316 e. The number of sulfonamides is 1. The molecule has 0 spiro atoms. The van der Waals surface area contributed by atoms with Crippen molar-refractivity contribution in [2.75, 3.05) is 7.05 Å². The van der Waals surface area contributed by atoms with Crippen LogP contribution in [0.3, 0.4) is 0 Å². The van der Waals surface area contributed by atoms with Gasteiger partial charge in [-0.25, -0.2) is 17.5 Å². The zero-order valence-electron chi connectivity index (χ0n) is 12.5. The lowest BCUT2D eigenvalue weighted by Gasteiger charge is -2.29. The fourth-order valence-corrected chi connectivity index (χ4v) is 4.23. The van der Waals surface area contributed by atoms with Crippen LogP contribution < -0.4 is 10.0 Å². The minimum absolute atomic E-state index is 0.0263. The van der Waals surface area contributed by atoms with E-state index in [0.717, 1.165) is 25.7 Å². The minimum atomic E-state index is -3.59. The first kappa shape index (κ1) is 16.4. The molecule has 0 aliphatic heterocycles. The molecule has 0 saturated heterocycles. The van der Waals surface area contributed by atoms with Crippen LogP contribution in [0.1, 0.15) is 38.2 Å². The van der Waals surface area contributed by atoms with Crippen LogP contribution in [0.25, 0.3) is 0 Å². The van der Waals surface area contributed by atoms with Crippen molar-refractivity contribution in [1.82, 2.24) is 10.0 Å². The maximum Gasteiger partial charge on any atom is 0.240 e. The van der Waals surface area contributed by atoms with Crippen LogP contribution in [0.4, 0.5) is 4.39 Å². The predicted molar refractivity (Wildman–Crippen MR) is 80.9 cm³/mol. The average molecular weight is 314 g/mol. The first-order valence-corrected chi connectivity index (χ1v) is 8.87. The van der Waals surface area contributed by atoms with E-state index < -0.39 is 15.8 Å². The summed E-state index contributed by atoms with van der Waals surface area (Å²) in [4.78, 5) is 0.131. The van der Waals surface area contributed by atoms with Crippen molar-refractivity contribution in [3.05, 3.63) is 29.6 Å². The van der Waals surface area contributed by atoms with Gasteiger partial charge in [-0.3, -0.25) is 0 Å². The molecule has 1 aromatic rings. The van der Waals surface area contributed by atoms with E-state index in [0.29, 0.717) is 18.0 Å². The van der Waals surface area contributed by atoms with Gasteiger partial charge in [0.1, 0.15) is 5.82 Å². The maximum absolute atomic E-state index is 13.6. The van der Waals surface area contributed by atoms with E-state index in [1.165, 1.54) is 18.2 Å². The lowest BCUT2D eigenvalue weighted by molar-refractivity contribution is 0.310. The van der Waals surface area contributed by atoms with E-state index >= 15 is 0 Å².